The molecule has 1 aliphatic carbocycles. The fraction of sp³-hybridized carbons (Fsp3) is 0.500. The minimum atomic E-state index is 0.355. The summed E-state index contributed by atoms with van der Waals surface area (Å²) >= 11 is 3.32. The van der Waals surface area contributed by atoms with Crippen molar-refractivity contribution in [1.82, 2.24) is 5.32 Å². The highest BCUT2D eigenvalue weighted by molar-refractivity contribution is 9.10. The Morgan fingerprint density at radius 2 is 2.27 bits per heavy atom. The van der Waals surface area contributed by atoms with Crippen molar-refractivity contribution in [3.63, 3.8) is 0 Å². The van der Waals surface area contributed by atoms with Gasteiger partial charge in [-0.15, -0.1) is 0 Å². The van der Waals surface area contributed by atoms with Crippen LogP contribution in [0.5, 0.6) is 5.75 Å². The number of benzene rings is 1. The van der Waals surface area contributed by atoms with E-state index in [-0.39, 0.29) is 0 Å². The molecule has 1 aromatic rings. The van der Waals surface area contributed by atoms with Crippen LogP contribution in [-0.4, -0.2) is 11.1 Å². The fourth-order valence-electron chi connectivity index (χ4n) is 1.74. The molecule has 1 aromatic carbocycles. The highest BCUT2D eigenvalue weighted by atomic mass is 79.9. The van der Waals surface area contributed by atoms with E-state index in [9.17, 15) is 5.11 Å². The average Bonchev–Trinajstić information content (AvgIpc) is 3.03. The fourth-order valence-corrected chi connectivity index (χ4v) is 2.14. The molecule has 0 heterocycles. The summed E-state index contributed by atoms with van der Waals surface area (Å²) in [6.45, 7) is 2.95. The summed E-state index contributed by atoms with van der Waals surface area (Å²) in [7, 11) is 0. The van der Waals surface area contributed by atoms with Gasteiger partial charge < -0.3 is 10.4 Å². The third-order valence-electron chi connectivity index (χ3n) is 3.01. The Balaban J connectivity index is 1.95. The van der Waals surface area contributed by atoms with Crippen molar-refractivity contribution in [2.75, 3.05) is 0 Å². The molecule has 1 saturated carbocycles. The van der Waals surface area contributed by atoms with E-state index in [4.69, 9.17) is 0 Å². The third-order valence-corrected chi connectivity index (χ3v) is 3.65. The van der Waals surface area contributed by atoms with Crippen LogP contribution in [0.15, 0.2) is 22.7 Å². The van der Waals surface area contributed by atoms with Crippen molar-refractivity contribution in [3.05, 3.63) is 28.2 Å². The summed E-state index contributed by atoms with van der Waals surface area (Å²) < 4.78 is 0.765. The number of halogens is 1. The van der Waals surface area contributed by atoms with Gasteiger partial charge in [-0.3, -0.25) is 0 Å². The van der Waals surface area contributed by atoms with Gasteiger partial charge in [0.25, 0.3) is 0 Å². The minimum absolute atomic E-state index is 0.355. The smallest absolute Gasteiger partial charge is 0.134 e. The van der Waals surface area contributed by atoms with Gasteiger partial charge in [-0.1, -0.05) is 12.1 Å². The largest absolute Gasteiger partial charge is 0.506 e. The van der Waals surface area contributed by atoms with Crippen molar-refractivity contribution < 1.29 is 5.11 Å². The van der Waals surface area contributed by atoms with Gasteiger partial charge in [-0.25, -0.2) is 0 Å². The Kier molecular flexibility index (Phi) is 3.32. The first-order valence-electron chi connectivity index (χ1n) is 5.38. The van der Waals surface area contributed by atoms with Crippen LogP contribution < -0.4 is 5.32 Å². The number of rotatable bonds is 4. The monoisotopic (exact) mass is 269 g/mol. The molecule has 0 amide bonds. The van der Waals surface area contributed by atoms with E-state index >= 15 is 0 Å². The van der Waals surface area contributed by atoms with E-state index in [1.54, 1.807) is 0 Å². The number of hydrogen-bond acceptors (Lipinski definition) is 2. The maximum absolute atomic E-state index is 9.78. The second-order valence-corrected chi connectivity index (χ2v) is 5.11. The summed E-state index contributed by atoms with van der Waals surface area (Å²) in [5.41, 5.74) is 0.955. The van der Waals surface area contributed by atoms with Gasteiger partial charge in [0.2, 0.25) is 0 Å². The van der Waals surface area contributed by atoms with Crippen LogP contribution in [0.4, 0.5) is 0 Å². The number of aromatic hydroxyl groups is 1. The quantitative estimate of drug-likeness (QED) is 0.881. The zero-order chi connectivity index (χ0) is 10.8. The highest BCUT2D eigenvalue weighted by Gasteiger charge is 2.27. The molecule has 0 saturated heterocycles. The van der Waals surface area contributed by atoms with E-state index in [0.29, 0.717) is 11.8 Å². The second kappa shape index (κ2) is 4.54. The Morgan fingerprint density at radius 3 is 2.93 bits per heavy atom. The second-order valence-electron chi connectivity index (χ2n) is 4.25. The molecular weight excluding hydrogens is 254 g/mol. The van der Waals surface area contributed by atoms with Gasteiger partial charge in [0.1, 0.15) is 5.75 Å². The van der Waals surface area contributed by atoms with Crippen LogP contribution in [0.25, 0.3) is 0 Å². The normalized spacial score (nSPS) is 17.7. The van der Waals surface area contributed by atoms with Crippen molar-refractivity contribution in [2.45, 2.75) is 32.4 Å². The van der Waals surface area contributed by atoms with E-state index in [0.717, 1.165) is 22.5 Å². The summed E-state index contributed by atoms with van der Waals surface area (Å²) in [5, 5.41) is 13.2. The standard InChI is InChI=1S/C12H16BrNO/c1-8(9-5-6-9)14-7-10-3-2-4-11(13)12(10)15/h2-4,8-9,14-15H,5-7H2,1H3. The van der Waals surface area contributed by atoms with Crippen molar-refractivity contribution in [2.24, 2.45) is 5.92 Å². The van der Waals surface area contributed by atoms with Gasteiger partial charge in [0.05, 0.1) is 4.47 Å². The molecule has 1 aliphatic rings. The zero-order valence-electron chi connectivity index (χ0n) is 8.83. The van der Waals surface area contributed by atoms with Gasteiger partial charge >= 0.3 is 0 Å². The molecule has 2 N–H and O–H groups in total. The number of hydrogen-bond donors (Lipinski definition) is 2. The number of para-hydroxylation sites is 1. The predicted octanol–water partition coefficient (Wildman–Crippen LogP) is 3.04. The maximum Gasteiger partial charge on any atom is 0.134 e. The molecule has 0 spiro atoms. The van der Waals surface area contributed by atoms with Crippen LogP contribution in [0.1, 0.15) is 25.3 Å². The van der Waals surface area contributed by atoms with Crippen LogP contribution in [0, 0.1) is 5.92 Å². The average molecular weight is 270 g/mol. The molecule has 82 valence electrons. The lowest BCUT2D eigenvalue weighted by Crippen LogP contribution is -2.27. The van der Waals surface area contributed by atoms with Crippen LogP contribution >= 0.6 is 15.9 Å². The summed E-state index contributed by atoms with van der Waals surface area (Å²) in [5.74, 6) is 1.20. The van der Waals surface area contributed by atoms with E-state index < -0.39 is 0 Å². The summed E-state index contributed by atoms with van der Waals surface area (Å²) in [6, 6.07) is 6.31. The number of phenolic OH excluding ortho intramolecular Hbond substituents is 1. The zero-order valence-corrected chi connectivity index (χ0v) is 10.4. The lowest BCUT2D eigenvalue weighted by molar-refractivity contribution is 0.448. The van der Waals surface area contributed by atoms with Crippen LogP contribution in [0.3, 0.4) is 0 Å². The van der Waals surface area contributed by atoms with E-state index in [1.807, 2.05) is 18.2 Å². The maximum atomic E-state index is 9.78. The Morgan fingerprint density at radius 1 is 1.53 bits per heavy atom. The molecule has 1 fully saturated rings. The van der Waals surface area contributed by atoms with Crippen LogP contribution in [0.2, 0.25) is 0 Å². The molecule has 0 bridgehead atoms. The van der Waals surface area contributed by atoms with Crippen molar-refractivity contribution >= 4 is 15.9 Å². The molecule has 2 rings (SSSR count). The number of nitrogens with one attached hydrogen (secondary N) is 1. The van der Waals surface area contributed by atoms with Crippen molar-refractivity contribution in [3.8, 4) is 5.75 Å². The SMILES string of the molecule is CC(NCc1cccc(Br)c1O)C1CC1. The first-order valence-corrected chi connectivity index (χ1v) is 6.17. The molecule has 3 heteroatoms. The lowest BCUT2D eigenvalue weighted by Gasteiger charge is -2.13. The molecule has 0 aromatic heterocycles. The molecule has 0 aliphatic heterocycles. The van der Waals surface area contributed by atoms with Gasteiger partial charge in [-0.2, -0.15) is 0 Å². The molecule has 15 heavy (non-hydrogen) atoms. The van der Waals surface area contributed by atoms with E-state index in [1.165, 1.54) is 12.8 Å². The summed E-state index contributed by atoms with van der Waals surface area (Å²) in [6.07, 6.45) is 2.69. The number of phenols is 1. The van der Waals surface area contributed by atoms with Crippen LogP contribution in [-0.2, 0) is 6.54 Å². The Labute approximate surface area is 98.8 Å². The molecule has 2 nitrogen and oxygen atoms in total. The van der Waals surface area contributed by atoms with Gasteiger partial charge in [0, 0.05) is 18.2 Å². The topological polar surface area (TPSA) is 32.3 Å². The van der Waals surface area contributed by atoms with Gasteiger partial charge in [-0.05, 0) is 47.7 Å². The molecule has 1 atom stereocenters. The lowest BCUT2D eigenvalue weighted by atomic mass is 10.1. The first kappa shape index (κ1) is 11.0. The highest BCUT2D eigenvalue weighted by Crippen LogP contribution is 2.33. The molecular formula is C12H16BrNO. The molecule has 0 radical (unpaired) electrons. The van der Waals surface area contributed by atoms with Gasteiger partial charge in [0.15, 0.2) is 0 Å². The van der Waals surface area contributed by atoms with Crippen molar-refractivity contribution in [1.29, 1.82) is 0 Å². The minimum Gasteiger partial charge on any atom is -0.506 e. The predicted molar refractivity (Wildman–Crippen MR) is 64.8 cm³/mol. The Hall–Kier alpha value is -0.540. The third kappa shape index (κ3) is 2.73. The summed E-state index contributed by atoms with van der Waals surface area (Å²) in [4.78, 5) is 0. The Bertz CT molecular complexity index is 349. The molecule has 1 unspecified atom stereocenters. The first-order chi connectivity index (χ1) is 7.18. The van der Waals surface area contributed by atoms with E-state index in [2.05, 4.69) is 28.2 Å².